The van der Waals surface area contributed by atoms with Gasteiger partial charge in [0, 0.05) is 10.7 Å². The Bertz CT molecular complexity index is 860. The first-order chi connectivity index (χ1) is 13.0. The molecule has 0 saturated carbocycles. The van der Waals surface area contributed by atoms with Crippen molar-refractivity contribution in [1.29, 1.82) is 0 Å². The third kappa shape index (κ3) is 3.57. The molecular weight excluding hydrogens is 362 g/mol. The Morgan fingerprint density at radius 1 is 1.00 bits per heavy atom. The van der Waals surface area contributed by atoms with Gasteiger partial charge in [0.2, 0.25) is 5.91 Å². The zero-order chi connectivity index (χ0) is 19.0. The van der Waals surface area contributed by atoms with E-state index in [1.165, 1.54) is 9.80 Å². The van der Waals surface area contributed by atoms with Crippen molar-refractivity contribution in [3.8, 4) is 0 Å². The molecule has 0 bridgehead atoms. The van der Waals surface area contributed by atoms with E-state index >= 15 is 0 Å². The van der Waals surface area contributed by atoms with Crippen molar-refractivity contribution in [3.63, 3.8) is 0 Å². The van der Waals surface area contributed by atoms with Gasteiger partial charge >= 0.3 is 0 Å². The highest BCUT2D eigenvalue weighted by molar-refractivity contribution is 6.30. The summed E-state index contributed by atoms with van der Waals surface area (Å²) in [6, 6.07) is 15.2. The van der Waals surface area contributed by atoms with Crippen molar-refractivity contribution in [2.75, 3.05) is 36.0 Å². The summed E-state index contributed by atoms with van der Waals surface area (Å²) in [4.78, 5) is 30.4. The normalized spacial score (nSPS) is 21.2. The van der Waals surface area contributed by atoms with E-state index in [-0.39, 0.29) is 17.9 Å². The van der Waals surface area contributed by atoms with Crippen LogP contribution in [0.1, 0.15) is 12.0 Å². The van der Waals surface area contributed by atoms with Crippen molar-refractivity contribution in [1.82, 2.24) is 0 Å². The van der Waals surface area contributed by atoms with E-state index in [2.05, 4.69) is 4.90 Å². The maximum Gasteiger partial charge on any atom is 0.292 e. The number of carbonyl (C=O) groups excluding carboxylic acids is 2. The van der Waals surface area contributed by atoms with Crippen LogP contribution in [-0.2, 0) is 9.59 Å². The number of halogens is 1. The maximum absolute atomic E-state index is 13.0. The first kappa shape index (κ1) is 18.0. The lowest BCUT2D eigenvalue weighted by molar-refractivity contribution is -0.915. The first-order valence-electron chi connectivity index (χ1n) is 9.31. The molecule has 0 spiro atoms. The number of nitrogens with zero attached hydrogens (tertiary/aromatic N) is 2. The van der Waals surface area contributed by atoms with Gasteiger partial charge in [0.05, 0.1) is 38.3 Å². The summed E-state index contributed by atoms with van der Waals surface area (Å²) in [5.41, 5.74) is 2.88. The van der Waals surface area contributed by atoms with Gasteiger partial charge in [-0.3, -0.25) is 9.59 Å². The molecule has 27 heavy (non-hydrogen) atoms. The van der Waals surface area contributed by atoms with Gasteiger partial charge < -0.3 is 9.80 Å². The van der Waals surface area contributed by atoms with Gasteiger partial charge in [0.1, 0.15) is 0 Å². The summed E-state index contributed by atoms with van der Waals surface area (Å²) in [7, 11) is 0. The third-order valence-electron chi connectivity index (χ3n) is 5.50. The summed E-state index contributed by atoms with van der Waals surface area (Å²) >= 11 is 5.97. The minimum Gasteiger partial charge on any atom is -0.360 e. The Balaban J connectivity index is 1.44. The predicted octanol–water partition coefficient (Wildman–Crippen LogP) is 1.69. The predicted molar refractivity (Wildman–Crippen MR) is 106 cm³/mol. The van der Waals surface area contributed by atoms with E-state index < -0.39 is 0 Å². The van der Waals surface area contributed by atoms with Gasteiger partial charge in [0.15, 0.2) is 6.04 Å². The van der Waals surface area contributed by atoms with Crippen molar-refractivity contribution >= 4 is 34.8 Å². The molecule has 1 atom stereocenters. The number of amides is 2. The number of piperazine rings is 1. The first-order valence-corrected chi connectivity index (χ1v) is 9.69. The van der Waals surface area contributed by atoms with Crippen LogP contribution in [-0.4, -0.2) is 44.0 Å². The molecule has 2 aliphatic rings. The lowest BCUT2D eigenvalue weighted by Crippen LogP contribution is -3.19. The molecule has 4 rings (SSSR count). The number of quaternary nitrogens is 1. The van der Waals surface area contributed by atoms with Gasteiger partial charge in [-0.05, 0) is 48.9 Å². The average Bonchev–Trinajstić information content (AvgIpc) is 2.97. The van der Waals surface area contributed by atoms with Crippen LogP contribution in [0, 0.1) is 6.92 Å². The van der Waals surface area contributed by atoms with Crippen molar-refractivity contribution in [2.24, 2.45) is 0 Å². The highest BCUT2D eigenvalue weighted by atomic mass is 35.5. The van der Waals surface area contributed by atoms with Crippen LogP contribution in [0.5, 0.6) is 0 Å². The molecule has 2 aromatic rings. The molecule has 0 unspecified atom stereocenters. The maximum atomic E-state index is 13.0. The summed E-state index contributed by atoms with van der Waals surface area (Å²) in [6.07, 6.45) is 0.295. The summed E-state index contributed by atoms with van der Waals surface area (Å²) in [5.74, 6) is -0.163. The topological polar surface area (TPSA) is 45.1 Å². The highest BCUT2D eigenvalue weighted by Crippen LogP contribution is 2.23. The standard InChI is InChI=1S/C21H22ClN3O2/c1-15-3-2-4-18(13-15)25-20(26)14-19(21(25)27)24-11-9-23(10-12-24)17-7-5-16(22)6-8-17/h2-8,13,19H,9-12,14H2,1H3/p+1/t19-/m0/s1. The number of imide groups is 1. The summed E-state index contributed by atoms with van der Waals surface area (Å²) in [6.45, 7) is 5.37. The molecule has 2 fully saturated rings. The van der Waals surface area contributed by atoms with Gasteiger partial charge in [-0.1, -0.05) is 23.7 Å². The fourth-order valence-electron chi connectivity index (χ4n) is 4.04. The van der Waals surface area contributed by atoms with E-state index in [4.69, 9.17) is 11.6 Å². The molecule has 2 heterocycles. The van der Waals surface area contributed by atoms with Crippen molar-refractivity contribution in [2.45, 2.75) is 19.4 Å². The molecule has 2 aromatic carbocycles. The molecule has 2 aliphatic heterocycles. The number of nitrogens with one attached hydrogen (secondary N) is 1. The zero-order valence-electron chi connectivity index (χ0n) is 15.3. The Morgan fingerprint density at radius 2 is 1.70 bits per heavy atom. The highest BCUT2D eigenvalue weighted by Gasteiger charge is 2.46. The van der Waals surface area contributed by atoms with Crippen molar-refractivity contribution < 1.29 is 14.5 Å². The minimum atomic E-state index is -0.273. The lowest BCUT2D eigenvalue weighted by Gasteiger charge is -2.35. The largest absolute Gasteiger partial charge is 0.360 e. The van der Waals surface area contributed by atoms with Gasteiger partial charge in [-0.15, -0.1) is 0 Å². The van der Waals surface area contributed by atoms with Crippen LogP contribution < -0.4 is 14.7 Å². The number of carbonyl (C=O) groups is 2. The third-order valence-corrected chi connectivity index (χ3v) is 5.75. The van der Waals surface area contributed by atoms with E-state index in [9.17, 15) is 9.59 Å². The Hall–Kier alpha value is -2.37. The number of aryl methyl sites for hydroxylation is 1. The summed E-state index contributed by atoms with van der Waals surface area (Å²) in [5, 5.41) is 0.731. The number of rotatable bonds is 3. The Labute approximate surface area is 164 Å². The van der Waals surface area contributed by atoms with Crippen LogP contribution in [0.4, 0.5) is 11.4 Å². The van der Waals surface area contributed by atoms with E-state index in [0.717, 1.165) is 42.5 Å². The molecular formula is C21H23ClN3O2+. The van der Waals surface area contributed by atoms with Crippen LogP contribution >= 0.6 is 11.6 Å². The van der Waals surface area contributed by atoms with E-state index in [1.54, 1.807) is 0 Å². The second-order valence-corrected chi connectivity index (χ2v) is 7.72. The Kier molecular flexibility index (Phi) is 4.89. The molecule has 2 amide bonds. The molecule has 0 aromatic heterocycles. The molecule has 0 radical (unpaired) electrons. The van der Waals surface area contributed by atoms with Crippen LogP contribution in [0.2, 0.25) is 5.02 Å². The minimum absolute atomic E-state index is 0.0689. The Morgan fingerprint density at radius 3 is 2.37 bits per heavy atom. The monoisotopic (exact) mass is 384 g/mol. The fourth-order valence-corrected chi connectivity index (χ4v) is 4.17. The zero-order valence-corrected chi connectivity index (χ0v) is 16.1. The molecule has 0 aliphatic carbocycles. The second kappa shape index (κ2) is 7.33. The molecule has 5 nitrogen and oxygen atoms in total. The van der Waals surface area contributed by atoms with Gasteiger partial charge in [-0.25, -0.2) is 4.90 Å². The summed E-state index contributed by atoms with van der Waals surface area (Å²) < 4.78 is 0. The number of hydrogen-bond acceptors (Lipinski definition) is 3. The van der Waals surface area contributed by atoms with Crippen LogP contribution in [0.15, 0.2) is 48.5 Å². The fraction of sp³-hybridized carbons (Fsp3) is 0.333. The molecule has 140 valence electrons. The smallest absolute Gasteiger partial charge is 0.292 e. The number of hydrogen-bond donors (Lipinski definition) is 1. The average molecular weight is 385 g/mol. The van der Waals surface area contributed by atoms with Crippen LogP contribution in [0.3, 0.4) is 0 Å². The van der Waals surface area contributed by atoms with E-state index in [0.29, 0.717) is 12.1 Å². The molecule has 2 saturated heterocycles. The number of benzene rings is 2. The second-order valence-electron chi connectivity index (χ2n) is 7.28. The van der Waals surface area contributed by atoms with Gasteiger partial charge in [0.25, 0.3) is 5.91 Å². The van der Waals surface area contributed by atoms with Crippen LogP contribution in [0.25, 0.3) is 0 Å². The van der Waals surface area contributed by atoms with Crippen molar-refractivity contribution in [3.05, 3.63) is 59.1 Å². The van der Waals surface area contributed by atoms with E-state index in [1.807, 2.05) is 55.5 Å². The van der Waals surface area contributed by atoms with Gasteiger partial charge in [-0.2, -0.15) is 0 Å². The lowest BCUT2D eigenvalue weighted by atomic mass is 10.1. The molecule has 6 heteroatoms. The SMILES string of the molecule is Cc1cccc(N2C(=O)C[C@H]([NH+]3CCN(c4ccc(Cl)cc4)CC3)C2=O)c1. The molecule has 1 N–H and O–H groups in total. The quantitative estimate of drug-likeness (QED) is 0.819. The number of anilines is 2.